The molecule has 116 valence electrons. The molecule has 1 aliphatic heterocycles. The highest BCUT2D eigenvalue weighted by molar-refractivity contribution is 7.89. The summed E-state index contributed by atoms with van der Waals surface area (Å²) < 4.78 is 32.0. The minimum absolute atomic E-state index is 0.0260. The summed E-state index contributed by atoms with van der Waals surface area (Å²) in [7, 11) is -3.89. The van der Waals surface area contributed by atoms with E-state index in [0.29, 0.717) is 19.6 Å². The van der Waals surface area contributed by atoms with Gasteiger partial charge in [0.1, 0.15) is 4.90 Å². The van der Waals surface area contributed by atoms with Crippen molar-refractivity contribution in [3.63, 3.8) is 0 Å². The number of nitro groups is 1. The molecule has 1 aromatic rings. The lowest BCUT2D eigenvalue weighted by Crippen LogP contribution is -2.48. The van der Waals surface area contributed by atoms with Gasteiger partial charge in [-0.25, -0.2) is 8.42 Å². The maximum Gasteiger partial charge on any atom is 0.270 e. The Balaban J connectivity index is 2.47. The standard InChI is InChI=1S/C12H15ClN2O5S/c1-2-9-8-20-6-5-14(9)21(18,19)12-7-10(15(16)17)3-4-11(12)13/h3-4,7,9H,2,5-6,8H2,1H3. The molecule has 0 amide bonds. The molecule has 2 rings (SSSR count). The summed E-state index contributed by atoms with van der Waals surface area (Å²) in [5, 5.41) is 10.8. The second kappa shape index (κ2) is 6.27. The summed E-state index contributed by atoms with van der Waals surface area (Å²) in [6.45, 7) is 2.67. The Morgan fingerprint density at radius 3 is 2.86 bits per heavy atom. The van der Waals surface area contributed by atoms with Gasteiger partial charge >= 0.3 is 0 Å². The van der Waals surface area contributed by atoms with Crippen LogP contribution >= 0.6 is 11.6 Å². The smallest absolute Gasteiger partial charge is 0.270 e. The van der Waals surface area contributed by atoms with E-state index in [-0.39, 0.29) is 28.2 Å². The van der Waals surface area contributed by atoms with Crippen LogP contribution in [0.4, 0.5) is 5.69 Å². The van der Waals surface area contributed by atoms with Crippen LogP contribution < -0.4 is 0 Å². The molecular formula is C12H15ClN2O5S. The fourth-order valence-corrected chi connectivity index (χ4v) is 4.37. The minimum Gasteiger partial charge on any atom is -0.378 e. The number of benzene rings is 1. The van der Waals surface area contributed by atoms with Gasteiger partial charge in [0.05, 0.1) is 23.2 Å². The Hall–Kier alpha value is -1.22. The molecule has 1 saturated heterocycles. The number of sulfonamides is 1. The van der Waals surface area contributed by atoms with Gasteiger partial charge in [0.15, 0.2) is 0 Å². The lowest BCUT2D eigenvalue weighted by atomic mass is 10.2. The van der Waals surface area contributed by atoms with Crippen molar-refractivity contribution < 1.29 is 18.1 Å². The Morgan fingerprint density at radius 2 is 2.24 bits per heavy atom. The maximum atomic E-state index is 12.7. The van der Waals surface area contributed by atoms with Crippen molar-refractivity contribution >= 4 is 27.3 Å². The van der Waals surface area contributed by atoms with Crippen LogP contribution in [-0.2, 0) is 14.8 Å². The third-order valence-electron chi connectivity index (χ3n) is 3.36. The molecule has 1 aliphatic rings. The Labute approximate surface area is 127 Å². The molecule has 1 heterocycles. The number of nitrogens with zero attached hydrogens (tertiary/aromatic N) is 2. The van der Waals surface area contributed by atoms with Crippen molar-refractivity contribution in [2.24, 2.45) is 0 Å². The average Bonchev–Trinajstić information content (AvgIpc) is 2.47. The molecule has 0 aliphatic carbocycles. The number of morpholine rings is 1. The summed E-state index contributed by atoms with van der Waals surface area (Å²) >= 11 is 5.94. The summed E-state index contributed by atoms with van der Waals surface area (Å²) in [5.74, 6) is 0. The van der Waals surface area contributed by atoms with Crippen molar-refractivity contribution in [3.05, 3.63) is 33.3 Å². The molecular weight excluding hydrogens is 320 g/mol. The van der Waals surface area contributed by atoms with Crippen LogP contribution in [0, 0.1) is 10.1 Å². The van der Waals surface area contributed by atoms with E-state index in [2.05, 4.69) is 0 Å². The maximum absolute atomic E-state index is 12.7. The molecule has 1 atom stereocenters. The molecule has 1 unspecified atom stereocenters. The first-order valence-corrected chi connectivity index (χ1v) is 8.23. The van der Waals surface area contributed by atoms with Gasteiger partial charge in [0, 0.05) is 24.7 Å². The van der Waals surface area contributed by atoms with Crippen LogP contribution in [0.5, 0.6) is 0 Å². The number of non-ortho nitro benzene ring substituents is 1. The van der Waals surface area contributed by atoms with Crippen LogP contribution in [-0.4, -0.2) is 43.4 Å². The van der Waals surface area contributed by atoms with Crippen molar-refractivity contribution in [3.8, 4) is 0 Å². The van der Waals surface area contributed by atoms with Crippen LogP contribution in [0.2, 0.25) is 5.02 Å². The lowest BCUT2D eigenvalue weighted by molar-refractivity contribution is -0.385. The Morgan fingerprint density at radius 1 is 1.52 bits per heavy atom. The van der Waals surface area contributed by atoms with Crippen LogP contribution in [0.3, 0.4) is 0 Å². The van der Waals surface area contributed by atoms with E-state index in [1.807, 2.05) is 6.92 Å². The van der Waals surface area contributed by atoms with E-state index in [9.17, 15) is 18.5 Å². The second-order valence-electron chi connectivity index (χ2n) is 4.62. The first-order chi connectivity index (χ1) is 9.87. The molecule has 7 nitrogen and oxygen atoms in total. The predicted octanol–water partition coefficient (Wildman–Crippen LogP) is 2.05. The van der Waals surface area contributed by atoms with E-state index in [0.717, 1.165) is 6.07 Å². The fourth-order valence-electron chi connectivity index (χ4n) is 2.21. The van der Waals surface area contributed by atoms with Crippen LogP contribution in [0.25, 0.3) is 0 Å². The zero-order valence-electron chi connectivity index (χ0n) is 11.4. The minimum atomic E-state index is -3.89. The van der Waals surface area contributed by atoms with Gasteiger partial charge in [0.2, 0.25) is 10.0 Å². The third-order valence-corrected chi connectivity index (χ3v) is 5.79. The van der Waals surface area contributed by atoms with Crippen molar-refractivity contribution in [1.29, 1.82) is 0 Å². The van der Waals surface area contributed by atoms with Crippen molar-refractivity contribution in [2.45, 2.75) is 24.3 Å². The van der Waals surface area contributed by atoms with Gasteiger partial charge < -0.3 is 4.74 Å². The normalized spacial score (nSPS) is 20.4. The molecule has 0 spiro atoms. The quantitative estimate of drug-likeness (QED) is 0.621. The zero-order chi connectivity index (χ0) is 15.6. The van der Waals surface area contributed by atoms with Gasteiger partial charge in [-0.05, 0) is 12.5 Å². The van der Waals surface area contributed by atoms with Gasteiger partial charge in [-0.3, -0.25) is 10.1 Å². The molecule has 0 aromatic heterocycles. The highest BCUT2D eigenvalue weighted by Gasteiger charge is 2.35. The van der Waals surface area contributed by atoms with Crippen molar-refractivity contribution in [1.82, 2.24) is 4.31 Å². The molecule has 0 saturated carbocycles. The molecule has 0 N–H and O–H groups in total. The average molecular weight is 335 g/mol. The number of nitro benzene ring substituents is 1. The van der Waals surface area contributed by atoms with Crippen molar-refractivity contribution in [2.75, 3.05) is 19.8 Å². The van der Waals surface area contributed by atoms with E-state index < -0.39 is 14.9 Å². The highest BCUT2D eigenvalue weighted by Crippen LogP contribution is 2.30. The number of hydrogen-bond donors (Lipinski definition) is 0. The Bertz CT molecular complexity index is 649. The number of ether oxygens (including phenoxy) is 1. The van der Waals surface area contributed by atoms with Gasteiger partial charge in [-0.2, -0.15) is 4.31 Å². The van der Waals surface area contributed by atoms with Crippen LogP contribution in [0.15, 0.2) is 23.1 Å². The summed E-state index contributed by atoms with van der Waals surface area (Å²) in [6, 6.07) is 3.12. The zero-order valence-corrected chi connectivity index (χ0v) is 12.9. The lowest BCUT2D eigenvalue weighted by Gasteiger charge is -2.34. The second-order valence-corrected chi connectivity index (χ2v) is 6.89. The SMILES string of the molecule is CCC1COCCN1S(=O)(=O)c1cc([N+](=O)[O-])ccc1Cl. The number of rotatable bonds is 4. The topological polar surface area (TPSA) is 89.8 Å². The Kier molecular flexibility index (Phi) is 4.82. The molecule has 1 aromatic carbocycles. The van der Waals surface area contributed by atoms with E-state index in [1.165, 1.54) is 16.4 Å². The monoisotopic (exact) mass is 334 g/mol. The molecule has 9 heteroatoms. The fraction of sp³-hybridized carbons (Fsp3) is 0.500. The molecule has 0 radical (unpaired) electrons. The van der Waals surface area contributed by atoms with E-state index in [4.69, 9.17) is 16.3 Å². The molecule has 0 bridgehead atoms. The summed E-state index contributed by atoms with van der Waals surface area (Å²) in [4.78, 5) is 9.94. The van der Waals surface area contributed by atoms with Gasteiger partial charge in [0.25, 0.3) is 5.69 Å². The number of halogens is 1. The largest absolute Gasteiger partial charge is 0.378 e. The van der Waals surface area contributed by atoms with E-state index >= 15 is 0 Å². The summed E-state index contributed by atoms with van der Waals surface area (Å²) in [6.07, 6.45) is 0.589. The van der Waals surface area contributed by atoms with Gasteiger partial charge in [-0.1, -0.05) is 18.5 Å². The molecule has 21 heavy (non-hydrogen) atoms. The predicted molar refractivity (Wildman–Crippen MR) is 76.9 cm³/mol. The first-order valence-electron chi connectivity index (χ1n) is 6.41. The molecule has 1 fully saturated rings. The van der Waals surface area contributed by atoms with Crippen LogP contribution in [0.1, 0.15) is 13.3 Å². The van der Waals surface area contributed by atoms with E-state index in [1.54, 1.807) is 0 Å². The first kappa shape index (κ1) is 16.2. The third kappa shape index (κ3) is 3.18. The summed E-state index contributed by atoms with van der Waals surface area (Å²) in [5.41, 5.74) is -0.306. The highest BCUT2D eigenvalue weighted by atomic mass is 35.5. The van der Waals surface area contributed by atoms with Gasteiger partial charge in [-0.15, -0.1) is 0 Å². The number of hydrogen-bond acceptors (Lipinski definition) is 5.